The fourth-order valence-corrected chi connectivity index (χ4v) is 5.12. The minimum absolute atomic E-state index is 0.0283. The predicted molar refractivity (Wildman–Crippen MR) is 135 cm³/mol. The van der Waals surface area contributed by atoms with Crippen molar-refractivity contribution in [2.45, 2.75) is 39.3 Å². The second-order valence-electron chi connectivity index (χ2n) is 8.90. The molecule has 0 aliphatic carbocycles. The van der Waals surface area contributed by atoms with Crippen molar-refractivity contribution >= 4 is 39.9 Å². The van der Waals surface area contributed by atoms with Crippen LogP contribution in [0.5, 0.6) is 0 Å². The van der Waals surface area contributed by atoms with Gasteiger partial charge in [0, 0.05) is 69.9 Å². The van der Waals surface area contributed by atoms with Crippen LogP contribution in [0.2, 0.25) is 0 Å². The minimum Gasteiger partial charge on any atom is -0.365 e. The maximum atomic E-state index is 12.1. The quantitative estimate of drug-likeness (QED) is 0.585. The number of carbonyl (C=O) groups is 2. The topological polar surface area (TPSA) is 93.7 Å². The highest BCUT2D eigenvalue weighted by molar-refractivity contribution is 7.15. The van der Waals surface area contributed by atoms with E-state index < -0.39 is 0 Å². The lowest BCUT2D eigenvalue weighted by Gasteiger charge is -2.34. The number of pyridine rings is 1. The normalized spacial score (nSPS) is 19.1. The highest BCUT2D eigenvalue weighted by Gasteiger charge is 2.23. The highest BCUT2D eigenvalue weighted by atomic mass is 32.1. The molecule has 34 heavy (non-hydrogen) atoms. The number of aromatic nitrogens is 2. The number of rotatable bonds is 7. The zero-order chi connectivity index (χ0) is 24.1. The summed E-state index contributed by atoms with van der Waals surface area (Å²) in [5.74, 6) is 1.64. The van der Waals surface area contributed by atoms with Crippen molar-refractivity contribution < 1.29 is 9.59 Å². The summed E-state index contributed by atoms with van der Waals surface area (Å²) in [6.45, 7) is 12.7. The third-order valence-corrected chi connectivity index (χ3v) is 7.05. The molecule has 2 aliphatic heterocycles. The first-order chi connectivity index (χ1) is 16.4. The van der Waals surface area contributed by atoms with Crippen molar-refractivity contribution in [2.75, 3.05) is 49.9 Å². The molecule has 9 nitrogen and oxygen atoms in total. The number of aryl methyl sites for hydroxylation is 1. The standard InChI is InChI=1S/C24H33N7O2S/c1-4-23(33)31-7-5-6-20(16-31)26-21-12-19(15-29-8-10-30(11-9-29)18(3)32)13-22(27-21)28-24-25-14-17(2)34-24/h4,12-14,20H,1,5-11,15-16H2,2-3H3,(H2,25,26,27,28)/t20-/m0/s1. The van der Waals surface area contributed by atoms with E-state index in [9.17, 15) is 9.59 Å². The van der Waals surface area contributed by atoms with Gasteiger partial charge in [0.2, 0.25) is 11.8 Å². The molecule has 0 saturated carbocycles. The Kier molecular flexibility index (Phi) is 7.79. The molecule has 10 heteroatoms. The summed E-state index contributed by atoms with van der Waals surface area (Å²) in [5, 5.41) is 7.71. The van der Waals surface area contributed by atoms with Crippen molar-refractivity contribution in [1.82, 2.24) is 24.7 Å². The number of nitrogens with one attached hydrogen (secondary N) is 2. The molecule has 2 amide bonds. The van der Waals surface area contributed by atoms with Crippen LogP contribution in [0.1, 0.15) is 30.2 Å². The van der Waals surface area contributed by atoms with Gasteiger partial charge in [0.25, 0.3) is 0 Å². The molecular formula is C24H33N7O2S. The third kappa shape index (κ3) is 6.32. The number of piperidine rings is 1. The van der Waals surface area contributed by atoms with Crippen LogP contribution in [0.25, 0.3) is 0 Å². The summed E-state index contributed by atoms with van der Waals surface area (Å²) in [4.78, 5) is 40.2. The van der Waals surface area contributed by atoms with Gasteiger partial charge < -0.3 is 20.4 Å². The Bertz CT molecular complexity index is 1030. The molecule has 0 radical (unpaired) electrons. The largest absolute Gasteiger partial charge is 0.365 e. The van der Waals surface area contributed by atoms with Crippen LogP contribution in [0.4, 0.5) is 16.8 Å². The smallest absolute Gasteiger partial charge is 0.246 e. The molecule has 2 fully saturated rings. The average Bonchev–Trinajstić information content (AvgIpc) is 3.23. The number of thiazole rings is 1. The number of nitrogens with zero attached hydrogens (tertiary/aromatic N) is 5. The number of anilines is 3. The van der Waals surface area contributed by atoms with Gasteiger partial charge in [-0.05, 0) is 43.5 Å². The molecule has 2 saturated heterocycles. The van der Waals surface area contributed by atoms with Crippen LogP contribution in [0.15, 0.2) is 31.0 Å². The third-order valence-electron chi connectivity index (χ3n) is 6.22. The minimum atomic E-state index is -0.0283. The van der Waals surface area contributed by atoms with Crippen molar-refractivity contribution in [1.29, 1.82) is 0 Å². The van der Waals surface area contributed by atoms with Gasteiger partial charge in [0.1, 0.15) is 11.6 Å². The van der Waals surface area contributed by atoms with Crippen molar-refractivity contribution in [3.8, 4) is 0 Å². The van der Waals surface area contributed by atoms with Gasteiger partial charge in [-0.15, -0.1) is 11.3 Å². The second-order valence-corrected chi connectivity index (χ2v) is 10.1. The van der Waals surface area contributed by atoms with Crippen LogP contribution in [0, 0.1) is 6.92 Å². The molecule has 182 valence electrons. The van der Waals surface area contributed by atoms with Crippen molar-refractivity contribution in [3.05, 3.63) is 41.4 Å². The molecule has 2 aliphatic rings. The Hall–Kier alpha value is -2.98. The molecule has 2 aromatic heterocycles. The first-order valence-electron chi connectivity index (χ1n) is 11.8. The Morgan fingerprint density at radius 1 is 1.18 bits per heavy atom. The Morgan fingerprint density at radius 2 is 1.94 bits per heavy atom. The van der Waals surface area contributed by atoms with E-state index in [-0.39, 0.29) is 17.9 Å². The summed E-state index contributed by atoms with van der Waals surface area (Å²) in [6.07, 6.45) is 5.15. The van der Waals surface area contributed by atoms with Gasteiger partial charge in [0.05, 0.1) is 0 Å². The monoisotopic (exact) mass is 483 g/mol. The number of amides is 2. The Morgan fingerprint density at radius 3 is 2.62 bits per heavy atom. The molecule has 0 bridgehead atoms. The zero-order valence-electron chi connectivity index (χ0n) is 19.9. The fraction of sp³-hybridized carbons (Fsp3) is 0.500. The van der Waals surface area contributed by atoms with Crippen molar-refractivity contribution in [3.63, 3.8) is 0 Å². The van der Waals surface area contributed by atoms with Crippen LogP contribution in [-0.2, 0) is 16.1 Å². The summed E-state index contributed by atoms with van der Waals surface area (Å²) in [6, 6.07) is 4.28. The van der Waals surface area contributed by atoms with E-state index in [1.54, 1.807) is 18.3 Å². The summed E-state index contributed by atoms with van der Waals surface area (Å²) < 4.78 is 0. The molecule has 0 spiro atoms. The number of hydrogen-bond donors (Lipinski definition) is 2. The van der Waals surface area contributed by atoms with Gasteiger partial charge in [0.15, 0.2) is 5.13 Å². The maximum Gasteiger partial charge on any atom is 0.246 e. The first kappa shape index (κ1) is 24.2. The van der Waals surface area contributed by atoms with Gasteiger partial charge in [-0.25, -0.2) is 9.97 Å². The fourth-order valence-electron chi connectivity index (χ4n) is 4.45. The highest BCUT2D eigenvalue weighted by Crippen LogP contribution is 2.25. The number of carbonyl (C=O) groups excluding carboxylic acids is 2. The van der Waals surface area contributed by atoms with E-state index in [1.165, 1.54) is 6.08 Å². The predicted octanol–water partition coefficient (Wildman–Crippen LogP) is 2.84. The van der Waals surface area contributed by atoms with Gasteiger partial charge in [-0.3, -0.25) is 14.5 Å². The summed E-state index contributed by atoms with van der Waals surface area (Å²) in [7, 11) is 0. The first-order valence-corrected chi connectivity index (χ1v) is 12.6. The lowest BCUT2D eigenvalue weighted by Crippen LogP contribution is -2.47. The van der Waals surface area contributed by atoms with Crippen LogP contribution in [0.3, 0.4) is 0 Å². The van der Waals surface area contributed by atoms with Gasteiger partial charge >= 0.3 is 0 Å². The molecule has 2 aromatic rings. The maximum absolute atomic E-state index is 12.1. The number of hydrogen-bond acceptors (Lipinski definition) is 8. The van der Waals surface area contributed by atoms with E-state index in [4.69, 9.17) is 4.98 Å². The lowest BCUT2D eigenvalue weighted by atomic mass is 10.1. The second kappa shape index (κ2) is 11.0. The molecule has 0 unspecified atom stereocenters. The van der Waals surface area contributed by atoms with E-state index in [2.05, 4.69) is 39.2 Å². The summed E-state index contributed by atoms with van der Waals surface area (Å²) >= 11 is 1.59. The Labute approximate surface area is 204 Å². The van der Waals surface area contributed by atoms with E-state index >= 15 is 0 Å². The molecule has 1 atom stereocenters. The van der Waals surface area contributed by atoms with Gasteiger partial charge in [-0.2, -0.15) is 0 Å². The molecule has 4 heterocycles. The van der Waals surface area contributed by atoms with E-state index in [1.807, 2.05) is 22.9 Å². The van der Waals surface area contributed by atoms with Gasteiger partial charge in [-0.1, -0.05) is 6.58 Å². The zero-order valence-corrected chi connectivity index (χ0v) is 20.7. The van der Waals surface area contributed by atoms with Crippen LogP contribution >= 0.6 is 11.3 Å². The average molecular weight is 484 g/mol. The summed E-state index contributed by atoms with van der Waals surface area (Å²) in [5.41, 5.74) is 1.14. The molecular weight excluding hydrogens is 450 g/mol. The Balaban J connectivity index is 1.49. The SMILES string of the molecule is C=CC(=O)N1CCC[C@H](Nc2cc(CN3CCN(C(C)=O)CC3)cc(Nc3ncc(C)s3)n2)C1. The van der Waals surface area contributed by atoms with E-state index in [0.717, 1.165) is 79.3 Å². The number of likely N-dealkylation sites (tertiary alicyclic amines) is 1. The molecule has 4 rings (SSSR count). The molecule has 0 aromatic carbocycles. The lowest BCUT2D eigenvalue weighted by molar-refractivity contribution is -0.130. The number of piperazine rings is 1. The van der Waals surface area contributed by atoms with Crippen molar-refractivity contribution in [2.24, 2.45) is 0 Å². The van der Waals surface area contributed by atoms with Crippen LogP contribution < -0.4 is 10.6 Å². The molecule has 2 N–H and O–H groups in total. The van der Waals surface area contributed by atoms with E-state index in [0.29, 0.717) is 6.54 Å². The van der Waals surface area contributed by atoms with Crippen LogP contribution in [-0.4, -0.2) is 81.8 Å².